The molecule has 0 aromatic heterocycles. The SMILES string of the molecule is CCC(C)N(C)S(=O)(=O)c1ccc(CNC(C)C)c(Cl)c1. The lowest BCUT2D eigenvalue weighted by atomic mass is 10.2. The Hall–Kier alpha value is -0.620. The van der Waals surface area contributed by atoms with Gasteiger partial charge < -0.3 is 5.32 Å². The van der Waals surface area contributed by atoms with Crippen molar-refractivity contribution in [2.24, 2.45) is 0 Å². The van der Waals surface area contributed by atoms with Gasteiger partial charge in [0, 0.05) is 30.7 Å². The monoisotopic (exact) mass is 332 g/mol. The van der Waals surface area contributed by atoms with E-state index in [1.807, 2.05) is 27.7 Å². The van der Waals surface area contributed by atoms with E-state index in [1.165, 1.54) is 10.4 Å². The van der Waals surface area contributed by atoms with Crippen LogP contribution in [0.25, 0.3) is 0 Å². The van der Waals surface area contributed by atoms with Gasteiger partial charge in [-0.05, 0) is 31.0 Å². The molecule has 1 rings (SSSR count). The van der Waals surface area contributed by atoms with Crippen LogP contribution < -0.4 is 5.32 Å². The summed E-state index contributed by atoms with van der Waals surface area (Å²) < 4.78 is 26.4. The van der Waals surface area contributed by atoms with Crippen molar-refractivity contribution in [2.75, 3.05) is 7.05 Å². The molecule has 1 N–H and O–H groups in total. The smallest absolute Gasteiger partial charge is 0.243 e. The van der Waals surface area contributed by atoms with Gasteiger partial charge in [0.1, 0.15) is 0 Å². The molecular weight excluding hydrogens is 308 g/mol. The van der Waals surface area contributed by atoms with Crippen LogP contribution in [0.2, 0.25) is 5.02 Å². The molecule has 1 unspecified atom stereocenters. The van der Waals surface area contributed by atoms with Gasteiger partial charge in [0.2, 0.25) is 10.0 Å². The molecule has 0 aliphatic carbocycles. The number of rotatable bonds is 7. The highest BCUT2D eigenvalue weighted by atomic mass is 35.5. The summed E-state index contributed by atoms with van der Waals surface area (Å²) in [5, 5.41) is 3.74. The Balaban J connectivity index is 3.02. The summed E-state index contributed by atoms with van der Waals surface area (Å²) in [6.07, 6.45) is 0.764. The molecule has 0 aliphatic rings. The molecule has 1 atom stereocenters. The highest BCUT2D eigenvalue weighted by Gasteiger charge is 2.25. The molecule has 0 saturated heterocycles. The topological polar surface area (TPSA) is 49.4 Å². The first-order valence-corrected chi connectivity index (χ1v) is 9.01. The fourth-order valence-electron chi connectivity index (χ4n) is 1.81. The van der Waals surface area contributed by atoms with Crippen LogP contribution in [0.4, 0.5) is 0 Å². The number of sulfonamides is 1. The molecule has 1 aromatic rings. The van der Waals surface area contributed by atoms with Gasteiger partial charge in [-0.1, -0.05) is 38.4 Å². The van der Waals surface area contributed by atoms with Crippen LogP contribution in [0, 0.1) is 0 Å². The zero-order chi connectivity index (χ0) is 16.2. The maximum atomic E-state index is 12.5. The van der Waals surface area contributed by atoms with Crippen LogP contribution >= 0.6 is 11.6 Å². The third-order valence-corrected chi connectivity index (χ3v) is 5.93. The van der Waals surface area contributed by atoms with Crippen molar-refractivity contribution in [3.8, 4) is 0 Å². The molecule has 0 spiro atoms. The van der Waals surface area contributed by atoms with Gasteiger partial charge in [0.25, 0.3) is 0 Å². The zero-order valence-electron chi connectivity index (χ0n) is 13.4. The summed E-state index contributed by atoms with van der Waals surface area (Å²) >= 11 is 6.21. The number of nitrogens with zero attached hydrogens (tertiary/aromatic N) is 1. The molecule has 1 aromatic carbocycles. The Labute approximate surface area is 133 Å². The van der Waals surface area contributed by atoms with Crippen LogP contribution in [-0.2, 0) is 16.6 Å². The van der Waals surface area contributed by atoms with E-state index in [-0.39, 0.29) is 10.9 Å². The lowest BCUT2D eigenvalue weighted by Gasteiger charge is -2.23. The summed E-state index contributed by atoms with van der Waals surface area (Å²) in [6.45, 7) is 8.57. The van der Waals surface area contributed by atoms with Crippen LogP contribution in [0.1, 0.15) is 39.7 Å². The van der Waals surface area contributed by atoms with E-state index in [2.05, 4.69) is 5.32 Å². The highest BCUT2D eigenvalue weighted by Crippen LogP contribution is 2.24. The molecule has 0 amide bonds. The molecule has 0 fully saturated rings. The number of hydrogen-bond donors (Lipinski definition) is 1. The molecule has 0 bridgehead atoms. The van der Waals surface area contributed by atoms with Crippen molar-refractivity contribution in [3.05, 3.63) is 28.8 Å². The van der Waals surface area contributed by atoms with E-state index in [0.29, 0.717) is 17.6 Å². The fourth-order valence-corrected chi connectivity index (χ4v) is 3.58. The van der Waals surface area contributed by atoms with Crippen molar-refractivity contribution >= 4 is 21.6 Å². The molecule has 0 radical (unpaired) electrons. The van der Waals surface area contributed by atoms with Gasteiger partial charge in [-0.2, -0.15) is 4.31 Å². The lowest BCUT2D eigenvalue weighted by molar-refractivity contribution is 0.380. The molecule has 120 valence electrons. The van der Waals surface area contributed by atoms with E-state index in [4.69, 9.17) is 11.6 Å². The highest BCUT2D eigenvalue weighted by molar-refractivity contribution is 7.89. The third kappa shape index (κ3) is 4.68. The first-order chi connectivity index (χ1) is 9.70. The van der Waals surface area contributed by atoms with Gasteiger partial charge in [-0.3, -0.25) is 0 Å². The van der Waals surface area contributed by atoms with Crippen LogP contribution in [0.15, 0.2) is 23.1 Å². The van der Waals surface area contributed by atoms with E-state index >= 15 is 0 Å². The largest absolute Gasteiger partial charge is 0.310 e. The summed E-state index contributed by atoms with van der Waals surface area (Å²) in [7, 11) is -1.89. The molecule has 0 saturated carbocycles. The molecule has 4 nitrogen and oxygen atoms in total. The second kappa shape index (κ2) is 7.58. The summed E-state index contributed by atoms with van der Waals surface area (Å²) in [4.78, 5) is 0.239. The predicted molar refractivity (Wildman–Crippen MR) is 88.1 cm³/mol. The Morgan fingerprint density at radius 3 is 2.38 bits per heavy atom. The van der Waals surface area contributed by atoms with Crippen molar-refractivity contribution in [2.45, 2.75) is 57.6 Å². The minimum absolute atomic E-state index is 0.0453. The van der Waals surface area contributed by atoms with E-state index in [9.17, 15) is 8.42 Å². The van der Waals surface area contributed by atoms with E-state index in [1.54, 1.807) is 19.2 Å². The zero-order valence-corrected chi connectivity index (χ0v) is 14.9. The molecule has 21 heavy (non-hydrogen) atoms. The van der Waals surface area contributed by atoms with Gasteiger partial charge in [0.15, 0.2) is 0 Å². The maximum Gasteiger partial charge on any atom is 0.243 e. The average molecular weight is 333 g/mol. The Morgan fingerprint density at radius 2 is 1.90 bits per heavy atom. The first kappa shape index (κ1) is 18.4. The van der Waals surface area contributed by atoms with E-state index < -0.39 is 10.0 Å². The van der Waals surface area contributed by atoms with Crippen LogP contribution in [0.5, 0.6) is 0 Å². The number of nitrogens with one attached hydrogen (secondary N) is 1. The van der Waals surface area contributed by atoms with Gasteiger partial charge in [0.05, 0.1) is 4.90 Å². The molecule has 6 heteroatoms. The van der Waals surface area contributed by atoms with E-state index in [0.717, 1.165) is 12.0 Å². The van der Waals surface area contributed by atoms with Gasteiger partial charge >= 0.3 is 0 Å². The van der Waals surface area contributed by atoms with Crippen molar-refractivity contribution in [3.63, 3.8) is 0 Å². The Kier molecular flexibility index (Phi) is 6.66. The van der Waals surface area contributed by atoms with Gasteiger partial charge in [-0.25, -0.2) is 8.42 Å². The van der Waals surface area contributed by atoms with Crippen LogP contribution in [0.3, 0.4) is 0 Å². The second-order valence-corrected chi connectivity index (χ2v) is 7.97. The molecule has 0 heterocycles. The minimum Gasteiger partial charge on any atom is -0.310 e. The Bertz CT molecular complexity index is 573. The first-order valence-electron chi connectivity index (χ1n) is 7.20. The summed E-state index contributed by atoms with van der Waals surface area (Å²) in [6, 6.07) is 5.23. The van der Waals surface area contributed by atoms with Crippen LogP contribution in [-0.4, -0.2) is 31.9 Å². The number of hydrogen-bond acceptors (Lipinski definition) is 3. The van der Waals surface area contributed by atoms with Crippen molar-refractivity contribution in [1.82, 2.24) is 9.62 Å². The molecular formula is C15H25ClN2O2S. The normalized spacial score (nSPS) is 13.9. The lowest BCUT2D eigenvalue weighted by Crippen LogP contribution is -2.34. The van der Waals surface area contributed by atoms with Gasteiger partial charge in [-0.15, -0.1) is 0 Å². The molecule has 0 aliphatic heterocycles. The number of halogens is 1. The minimum atomic E-state index is -3.49. The standard InChI is InChI=1S/C15H25ClN2O2S/c1-6-12(4)18(5)21(19,20)14-8-7-13(15(16)9-14)10-17-11(2)3/h7-9,11-12,17H,6,10H2,1-5H3. The maximum absolute atomic E-state index is 12.5. The number of benzene rings is 1. The third-order valence-electron chi connectivity index (χ3n) is 3.61. The summed E-state index contributed by atoms with van der Waals surface area (Å²) in [5.74, 6) is 0. The summed E-state index contributed by atoms with van der Waals surface area (Å²) in [5.41, 5.74) is 0.899. The fraction of sp³-hybridized carbons (Fsp3) is 0.600. The average Bonchev–Trinajstić information content (AvgIpc) is 2.43. The quantitative estimate of drug-likeness (QED) is 0.833. The van der Waals surface area contributed by atoms with Crippen molar-refractivity contribution in [1.29, 1.82) is 0 Å². The van der Waals surface area contributed by atoms with Crippen molar-refractivity contribution < 1.29 is 8.42 Å². The second-order valence-electron chi connectivity index (χ2n) is 5.57. The Morgan fingerprint density at radius 1 is 1.29 bits per heavy atom. The predicted octanol–water partition coefficient (Wildman–Crippen LogP) is 3.26.